The Bertz CT molecular complexity index is 736. The van der Waals surface area contributed by atoms with Gasteiger partial charge in [-0.15, -0.1) is 10.2 Å². The van der Waals surface area contributed by atoms with E-state index in [9.17, 15) is 9.59 Å². The minimum absolute atomic E-state index is 0.0323. The van der Waals surface area contributed by atoms with Gasteiger partial charge in [-0.1, -0.05) is 30.3 Å². The number of benzene rings is 1. The van der Waals surface area contributed by atoms with Gasteiger partial charge in [-0.05, 0) is 42.6 Å². The molecule has 0 aromatic heterocycles. The van der Waals surface area contributed by atoms with E-state index in [2.05, 4.69) is 14.7 Å². The van der Waals surface area contributed by atoms with Crippen LogP contribution in [-0.4, -0.2) is 41.0 Å². The fourth-order valence-electron chi connectivity index (χ4n) is 3.12. The molecule has 1 N–H and O–H groups in total. The zero-order valence-electron chi connectivity index (χ0n) is 16.0. The first-order chi connectivity index (χ1) is 12.8. The van der Waals surface area contributed by atoms with E-state index in [1.807, 2.05) is 50.4 Å². The Morgan fingerprint density at radius 2 is 1.96 bits per heavy atom. The Balaban J connectivity index is 2.19. The van der Waals surface area contributed by atoms with Crippen molar-refractivity contribution in [2.75, 3.05) is 12.9 Å². The van der Waals surface area contributed by atoms with E-state index in [1.54, 1.807) is 6.92 Å². The zero-order valence-corrected chi connectivity index (χ0v) is 16.9. The molecule has 1 fully saturated rings. The third-order valence-electron chi connectivity index (χ3n) is 4.99. The Morgan fingerprint density at radius 1 is 1.30 bits per heavy atom. The molecule has 8 nitrogen and oxygen atoms in total. The summed E-state index contributed by atoms with van der Waals surface area (Å²) in [4.78, 5) is 27.7. The lowest BCUT2D eigenvalue weighted by molar-refractivity contribution is -0.148. The lowest BCUT2D eigenvalue weighted by Crippen LogP contribution is -2.46. The van der Waals surface area contributed by atoms with Crippen LogP contribution in [0.5, 0.6) is 0 Å². The highest BCUT2D eigenvalue weighted by Crippen LogP contribution is 2.66. The first-order valence-corrected chi connectivity index (χ1v) is 10.8. The average Bonchev–Trinajstić information content (AvgIpc) is 2.81. The van der Waals surface area contributed by atoms with Crippen LogP contribution >= 0.6 is 10.2 Å². The van der Waals surface area contributed by atoms with Crippen molar-refractivity contribution < 1.29 is 19.1 Å². The summed E-state index contributed by atoms with van der Waals surface area (Å²) in [5, 5.41) is 2.72. The standard InChI is InChI=1S/C18H26N4O4S/c1-5-25-15(23)11-14-20-16(18(2,3)27(14,4)22-21-19)17(24)26-12-13-9-7-6-8-10-13/h6-10,14,16,20H,5,11-12H2,1-4H3. The molecule has 27 heavy (non-hydrogen) atoms. The number of ether oxygens (including phenoxy) is 2. The maximum absolute atomic E-state index is 12.8. The lowest BCUT2D eigenvalue weighted by Gasteiger charge is -2.43. The molecule has 2 rings (SSSR count). The maximum Gasteiger partial charge on any atom is 0.324 e. The van der Waals surface area contributed by atoms with Crippen molar-refractivity contribution in [3.63, 3.8) is 0 Å². The fraction of sp³-hybridized carbons (Fsp3) is 0.556. The normalized spacial score (nSPS) is 28.4. The van der Waals surface area contributed by atoms with E-state index in [0.717, 1.165) is 5.56 Å². The SMILES string of the molecule is CCOC(=O)CC1NC(C(=O)OCc2ccccc2)C(C)(C)S1(C)N=[N+]=[N-]. The maximum atomic E-state index is 12.8. The van der Waals surface area contributed by atoms with Gasteiger partial charge in [-0.25, -0.2) is 0 Å². The molecule has 0 amide bonds. The fourth-order valence-corrected chi connectivity index (χ4v) is 5.83. The van der Waals surface area contributed by atoms with Crippen molar-refractivity contribution in [2.24, 2.45) is 4.52 Å². The van der Waals surface area contributed by atoms with Gasteiger partial charge in [-0.2, -0.15) is 0 Å². The van der Waals surface area contributed by atoms with Crippen molar-refractivity contribution in [3.8, 4) is 0 Å². The number of hydrogen-bond acceptors (Lipinski definition) is 6. The van der Waals surface area contributed by atoms with Gasteiger partial charge in [0, 0.05) is 9.66 Å². The van der Waals surface area contributed by atoms with Gasteiger partial charge in [0.05, 0.1) is 18.4 Å². The van der Waals surface area contributed by atoms with Crippen LogP contribution in [0.4, 0.5) is 0 Å². The number of carbonyl (C=O) groups excluding carboxylic acids is 2. The van der Waals surface area contributed by atoms with Crippen molar-refractivity contribution in [1.82, 2.24) is 5.32 Å². The van der Waals surface area contributed by atoms with Crippen molar-refractivity contribution in [2.45, 2.75) is 50.0 Å². The summed E-state index contributed by atoms with van der Waals surface area (Å²) in [7, 11) is -2.07. The molecule has 3 unspecified atom stereocenters. The summed E-state index contributed by atoms with van der Waals surface area (Å²) in [5.41, 5.74) is 9.96. The van der Waals surface area contributed by atoms with Crippen LogP contribution in [0, 0.1) is 0 Å². The van der Waals surface area contributed by atoms with E-state index in [0.29, 0.717) is 0 Å². The van der Waals surface area contributed by atoms with E-state index < -0.39 is 38.3 Å². The number of carbonyl (C=O) groups is 2. The van der Waals surface area contributed by atoms with Gasteiger partial charge in [0.25, 0.3) is 0 Å². The minimum atomic E-state index is -2.07. The third-order valence-corrected chi connectivity index (χ3v) is 9.18. The van der Waals surface area contributed by atoms with E-state index in [-0.39, 0.29) is 19.6 Å². The molecular weight excluding hydrogens is 368 g/mol. The monoisotopic (exact) mass is 394 g/mol. The predicted octanol–water partition coefficient (Wildman–Crippen LogP) is 3.42. The molecule has 1 heterocycles. The van der Waals surface area contributed by atoms with Crippen LogP contribution in [-0.2, 0) is 25.7 Å². The summed E-state index contributed by atoms with van der Waals surface area (Å²) in [6, 6.07) is 8.70. The van der Waals surface area contributed by atoms with Gasteiger partial charge < -0.3 is 9.47 Å². The number of esters is 2. The van der Waals surface area contributed by atoms with Crippen molar-refractivity contribution in [3.05, 3.63) is 46.3 Å². The zero-order chi connectivity index (χ0) is 20.1. The molecular formula is C18H26N4O4S. The molecule has 1 aliphatic rings. The highest BCUT2D eigenvalue weighted by atomic mass is 32.3. The quantitative estimate of drug-likeness (QED) is 0.329. The molecule has 3 atom stereocenters. The largest absolute Gasteiger partial charge is 0.466 e. The van der Waals surface area contributed by atoms with Crippen molar-refractivity contribution in [1.29, 1.82) is 0 Å². The number of nitrogens with zero attached hydrogens (tertiary/aromatic N) is 3. The van der Waals surface area contributed by atoms with Crippen molar-refractivity contribution >= 4 is 22.2 Å². The summed E-state index contributed by atoms with van der Waals surface area (Å²) < 4.78 is 13.9. The van der Waals surface area contributed by atoms with E-state index in [4.69, 9.17) is 15.0 Å². The second kappa shape index (κ2) is 8.65. The molecule has 1 saturated heterocycles. The second-order valence-corrected chi connectivity index (χ2v) is 10.6. The summed E-state index contributed by atoms with van der Waals surface area (Å²) in [6.07, 6.45) is 1.86. The van der Waals surface area contributed by atoms with Crippen LogP contribution < -0.4 is 5.32 Å². The molecule has 0 radical (unpaired) electrons. The molecule has 1 aromatic rings. The topological polar surface area (TPSA) is 113 Å². The molecule has 148 valence electrons. The number of hydrogen-bond donors (Lipinski definition) is 1. The predicted molar refractivity (Wildman–Crippen MR) is 105 cm³/mol. The molecule has 0 saturated carbocycles. The molecule has 1 aromatic carbocycles. The first kappa shape index (κ1) is 21.1. The van der Waals surface area contributed by atoms with Crippen LogP contribution in [0.15, 0.2) is 34.9 Å². The smallest absolute Gasteiger partial charge is 0.324 e. The lowest BCUT2D eigenvalue weighted by atomic mass is 10.0. The highest BCUT2D eigenvalue weighted by molar-refractivity contribution is 8.33. The highest BCUT2D eigenvalue weighted by Gasteiger charge is 2.57. The summed E-state index contributed by atoms with van der Waals surface area (Å²) >= 11 is 0. The third kappa shape index (κ3) is 4.37. The molecule has 0 bridgehead atoms. The number of azide groups is 1. The van der Waals surface area contributed by atoms with Crippen LogP contribution in [0.2, 0.25) is 0 Å². The van der Waals surface area contributed by atoms with E-state index in [1.165, 1.54) is 0 Å². The van der Waals surface area contributed by atoms with Crippen LogP contribution in [0.3, 0.4) is 0 Å². The van der Waals surface area contributed by atoms with Gasteiger partial charge in [0.1, 0.15) is 12.6 Å². The number of nitrogens with one attached hydrogen (secondary N) is 1. The van der Waals surface area contributed by atoms with Gasteiger partial charge in [-0.3, -0.25) is 14.9 Å². The molecule has 0 aliphatic carbocycles. The second-order valence-electron chi connectivity index (χ2n) is 6.90. The Hall–Kier alpha value is -2.22. The Kier molecular flexibility index (Phi) is 6.75. The summed E-state index contributed by atoms with van der Waals surface area (Å²) in [6.45, 7) is 5.88. The average molecular weight is 394 g/mol. The Morgan fingerprint density at radius 3 is 2.56 bits per heavy atom. The van der Waals surface area contributed by atoms with E-state index >= 15 is 0 Å². The van der Waals surface area contributed by atoms with Gasteiger partial charge in [0.15, 0.2) is 0 Å². The van der Waals surface area contributed by atoms with Gasteiger partial charge in [0.2, 0.25) is 0 Å². The van der Waals surface area contributed by atoms with Crippen LogP contribution in [0.1, 0.15) is 32.8 Å². The summed E-state index contributed by atoms with van der Waals surface area (Å²) in [5.74, 6) is -0.821. The molecule has 9 heteroatoms. The first-order valence-electron chi connectivity index (χ1n) is 8.71. The van der Waals surface area contributed by atoms with Crippen LogP contribution in [0.25, 0.3) is 10.4 Å². The van der Waals surface area contributed by atoms with Gasteiger partial charge >= 0.3 is 11.9 Å². The number of rotatable bonds is 7. The minimum Gasteiger partial charge on any atom is -0.466 e. The Labute approximate surface area is 160 Å². The molecule has 0 spiro atoms. The molecule has 1 aliphatic heterocycles.